The SMILES string of the molecule is CN(C)C(O)c1ccc2[nH]c(=O)[nH]c2c1. The maximum atomic E-state index is 11.0. The van der Waals surface area contributed by atoms with Crippen LogP contribution in [0.15, 0.2) is 23.0 Å². The Hall–Kier alpha value is -1.59. The van der Waals surface area contributed by atoms with Crippen LogP contribution in [0.5, 0.6) is 0 Å². The van der Waals surface area contributed by atoms with Crippen LogP contribution in [-0.2, 0) is 0 Å². The molecule has 80 valence electrons. The van der Waals surface area contributed by atoms with Crippen molar-refractivity contribution < 1.29 is 5.11 Å². The molecule has 0 fully saturated rings. The van der Waals surface area contributed by atoms with E-state index in [9.17, 15) is 9.90 Å². The molecule has 5 nitrogen and oxygen atoms in total. The number of hydrogen-bond donors (Lipinski definition) is 3. The number of fused-ring (bicyclic) bond motifs is 1. The van der Waals surface area contributed by atoms with Crippen molar-refractivity contribution in [2.75, 3.05) is 14.1 Å². The van der Waals surface area contributed by atoms with Crippen molar-refractivity contribution in [3.05, 3.63) is 34.2 Å². The molecule has 0 amide bonds. The predicted octanol–water partition coefficient (Wildman–Crippen LogP) is 0.409. The lowest BCUT2D eigenvalue weighted by molar-refractivity contribution is 0.0396. The van der Waals surface area contributed by atoms with Crippen LogP contribution in [0.4, 0.5) is 0 Å². The van der Waals surface area contributed by atoms with E-state index in [1.807, 2.05) is 0 Å². The van der Waals surface area contributed by atoms with E-state index < -0.39 is 6.23 Å². The summed E-state index contributed by atoms with van der Waals surface area (Å²) in [6.07, 6.45) is -0.659. The van der Waals surface area contributed by atoms with E-state index in [1.54, 1.807) is 37.2 Å². The van der Waals surface area contributed by atoms with E-state index in [4.69, 9.17) is 0 Å². The first-order chi connectivity index (χ1) is 7.08. The number of hydrogen-bond acceptors (Lipinski definition) is 3. The lowest BCUT2D eigenvalue weighted by Gasteiger charge is -2.18. The van der Waals surface area contributed by atoms with Crippen molar-refractivity contribution in [3.8, 4) is 0 Å². The van der Waals surface area contributed by atoms with Gasteiger partial charge in [-0.05, 0) is 31.8 Å². The Morgan fingerprint density at radius 2 is 1.93 bits per heavy atom. The number of nitrogens with one attached hydrogen (secondary N) is 2. The molecule has 0 aliphatic carbocycles. The molecule has 0 saturated carbocycles. The number of nitrogens with zero attached hydrogens (tertiary/aromatic N) is 1. The summed E-state index contributed by atoms with van der Waals surface area (Å²) >= 11 is 0. The lowest BCUT2D eigenvalue weighted by Crippen LogP contribution is -2.19. The summed E-state index contributed by atoms with van der Waals surface area (Å²) in [6, 6.07) is 5.32. The summed E-state index contributed by atoms with van der Waals surface area (Å²) in [5.74, 6) is 0. The van der Waals surface area contributed by atoms with Crippen molar-refractivity contribution >= 4 is 11.0 Å². The van der Waals surface area contributed by atoms with Gasteiger partial charge in [0.2, 0.25) is 0 Å². The van der Waals surface area contributed by atoms with Gasteiger partial charge in [0.05, 0.1) is 11.0 Å². The summed E-state index contributed by atoms with van der Waals surface area (Å²) in [5, 5.41) is 9.79. The van der Waals surface area contributed by atoms with Crippen molar-refractivity contribution in [2.24, 2.45) is 0 Å². The number of imidazole rings is 1. The van der Waals surface area contributed by atoms with Gasteiger partial charge in [-0.3, -0.25) is 4.90 Å². The monoisotopic (exact) mass is 207 g/mol. The van der Waals surface area contributed by atoms with Crippen molar-refractivity contribution in [1.82, 2.24) is 14.9 Å². The van der Waals surface area contributed by atoms with Gasteiger partial charge < -0.3 is 15.1 Å². The fourth-order valence-corrected chi connectivity index (χ4v) is 1.51. The maximum absolute atomic E-state index is 11.0. The number of aromatic nitrogens is 2. The highest BCUT2D eigenvalue weighted by atomic mass is 16.3. The van der Waals surface area contributed by atoms with Crippen LogP contribution in [0.2, 0.25) is 0 Å². The minimum Gasteiger partial charge on any atom is -0.374 e. The highest BCUT2D eigenvalue weighted by Gasteiger charge is 2.10. The molecule has 0 aliphatic rings. The number of rotatable bonds is 2. The highest BCUT2D eigenvalue weighted by Crippen LogP contribution is 2.18. The zero-order valence-corrected chi connectivity index (χ0v) is 8.61. The Morgan fingerprint density at radius 1 is 1.27 bits per heavy atom. The van der Waals surface area contributed by atoms with Crippen LogP contribution in [0.25, 0.3) is 11.0 Å². The van der Waals surface area contributed by atoms with Gasteiger partial charge in [0.1, 0.15) is 6.23 Å². The molecule has 2 rings (SSSR count). The van der Waals surface area contributed by atoms with Gasteiger partial charge in [-0.2, -0.15) is 0 Å². The normalized spacial score (nSPS) is 13.6. The second-order valence-corrected chi connectivity index (χ2v) is 3.72. The van der Waals surface area contributed by atoms with Crippen LogP contribution < -0.4 is 5.69 Å². The maximum Gasteiger partial charge on any atom is 0.323 e. The molecule has 1 aromatic carbocycles. The smallest absolute Gasteiger partial charge is 0.323 e. The molecule has 5 heteroatoms. The third-order valence-corrected chi connectivity index (χ3v) is 2.33. The third-order valence-electron chi connectivity index (χ3n) is 2.33. The molecule has 2 aromatic rings. The van der Waals surface area contributed by atoms with E-state index in [1.165, 1.54) is 0 Å². The minimum absolute atomic E-state index is 0.235. The molecule has 1 atom stereocenters. The van der Waals surface area contributed by atoms with Gasteiger partial charge in [0.25, 0.3) is 0 Å². The number of H-pyrrole nitrogens is 2. The molecular formula is C10H13N3O2. The fourth-order valence-electron chi connectivity index (χ4n) is 1.51. The van der Waals surface area contributed by atoms with Gasteiger partial charge in [-0.15, -0.1) is 0 Å². The summed E-state index contributed by atoms with van der Waals surface area (Å²) in [6.45, 7) is 0. The van der Waals surface area contributed by atoms with Gasteiger partial charge in [0.15, 0.2) is 0 Å². The Labute approximate surface area is 86.4 Å². The Morgan fingerprint density at radius 3 is 2.60 bits per heavy atom. The minimum atomic E-state index is -0.659. The zero-order chi connectivity index (χ0) is 11.0. The third kappa shape index (κ3) is 1.79. The quantitative estimate of drug-likeness (QED) is 0.624. The van der Waals surface area contributed by atoms with Crippen LogP contribution in [0.3, 0.4) is 0 Å². The van der Waals surface area contributed by atoms with E-state index in [2.05, 4.69) is 9.97 Å². The highest BCUT2D eigenvalue weighted by molar-refractivity contribution is 5.75. The average molecular weight is 207 g/mol. The van der Waals surface area contributed by atoms with E-state index in [0.29, 0.717) is 5.52 Å². The van der Waals surface area contributed by atoms with E-state index in [-0.39, 0.29) is 5.69 Å². The predicted molar refractivity (Wildman–Crippen MR) is 57.6 cm³/mol. The van der Waals surface area contributed by atoms with E-state index in [0.717, 1.165) is 11.1 Å². The molecular weight excluding hydrogens is 194 g/mol. The molecule has 15 heavy (non-hydrogen) atoms. The topological polar surface area (TPSA) is 72.1 Å². The molecule has 0 spiro atoms. The zero-order valence-electron chi connectivity index (χ0n) is 8.61. The molecule has 1 unspecified atom stereocenters. The van der Waals surface area contributed by atoms with Crippen LogP contribution in [0, 0.1) is 0 Å². The Bertz CT molecular complexity index is 527. The van der Waals surface area contributed by atoms with Crippen molar-refractivity contribution in [1.29, 1.82) is 0 Å². The largest absolute Gasteiger partial charge is 0.374 e. The Kier molecular flexibility index (Phi) is 2.34. The lowest BCUT2D eigenvalue weighted by atomic mass is 10.1. The van der Waals surface area contributed by atoms with Crippen LogP contribution >= 0.6 is 0 Å². The summed E-state index contributed by atoms with van der Waals surface area (Å²) in [5.41, 5.74) is 1.97. The molecule has 0 saturated heterocycles. The summed E-state index contributed by atoms with van der Waals surface area (Å²) < 4.78 is 0. The average Bonchev–Trinajstić information content (AvgIpc) is 2.55. The molecule has 0 bridgehead atoms. The summed E-state index contributed by atoms with van der Waals surface area (Å²) in [4.78, 5) is 18.0. The fraction of sp³-hybridized carbons (Fsp3) is 0.300. The van der Waals surface area contributed by atoms with Gasteiger partial charge in [0, 0.05) is 0 Å². The van der Waals surface area contributed by atoms with E-state index >= 15 is 0 Å². The first-order valence-electron chi connectivity index (χ1n) is 4.64. The second kappa shape index (κ2) is 3.52. The molecule has 1 heterocycles. The van der Waals surface area contributed by atoms with Crippen LogP contribution in [0.1, 0.15) is 11.8 Å². The van der Waals surface area contributed by atoms with Gasteiger partial charge in [-0.1, -0.05) is 6.07 Å². The molecule has 0 aliphatic heterocycles. The van der Waals surface area contributed by atoms with Crippen molar-refractivity contribution in [2.45, 2.75) is 6.23 Å². The van der Waals surface area contributed by atoms with Crippen molar-refractivity contribution in [3.63, 3.8) is 0 Å². The molecule has 0 radical (unpaired) electrons. The van der Waals surface area contributed by atoms with Gasteiger partial charge >= 0.3 is 5.69 Å². The number of benzene rings is 1. The summed E-state index contributed by atoms with van der Waals surface area (Å²) in [7, 11) is 3.57. The first-order valence-corrected chi connectivity index (χ1v) is 4.64. The second-order valence-electron chi connectivity index (χ2n) is 3.72. The number of aliphatic hydroxyl groups excluding tert-OH is 1. The number of aromatic amines is 2. The standard InChI is InChI=1S/C10H13N3O2/c1-13(2)9(14)6-3-4-7-8(5-6)12-10(15)11-7/h3-5,9,14H,1-2H3,(H2,11,12,15). The Balaban J connectivity index is 2.50. The first kappa shape index (κ1) is 9.95. The number of aliphatic hydroxyl groups is 1. The molecule has 3 N–H and O–H groups in total. The van der Waals surface area contributed by atoms with Crippen LogP contribution in [-0.4, -0.2) is 34.1 Å². The molecule has 1 aromatic heterocycles. The van der Waals surface area contributed by atoms with Gasteiger partial charge in [-0.25, -0.2) is 4.79 Å².